The first kappa shape index (κ1) is 13.7. The van der Waals surface area contributed by atoms with Gasteiger partial charge in [-0.25, -0.2) is 10.4 Å². The summed E-state index contributed by atoms with van der Waals surface area (Å²) in [5.41, 5.74) is 3.74. The Labute approximate surface area is 115 Å². The van der Waals surface area contributed by atoms with Gasteiger partial charge in [-0.2, -0.15) is 5.10 Å². The minimum absolute atomic E-state index is 0.143. The Hall–Kier alpha value is -1.76. The van der Waals surface area contributed by atoms with Crippen LogP contribution in [0.15, 0.2) is 10.5 Å². The maximum absolute atomic E-state index is 11.7. The van der Waals surface area contributed by atoms with Crippen LogP contribution in [0.4, 0.5) is 0 Å². The van der Waals surface area contributed by atoms with E-state index in [-0.39, 0.29) is 11.8 Å². The molecule has 0 saturated heterocycles. The van der Waals surface area contributed by atoms with Gasteiger partial charge in [0.25, 0.3) is 5.91 Å². The Bertz CT molecular complexity index is 510. The molecule has 2 N–H and O–H groups in total. The molecule has 2 amide bonds. The van der Waals surface area contributed by atoms with Crippen LogP contribution in [-0.4, -0.2) is 29.1 Å². The number of aromatic nitrogens is 1. The van der Waals surface area contributed by atoms with Crippen LogP contribution in [0, 0.1) is 6.92 Å². The van der Waals surface area contributed by atoms with Gasteiger partial charge in [-0.05, 0) is 13.3 Å². The summed E-state index contributed by atoms with van der Waals surface area (Å²) < 4.78 is 0. The largest absolute Gasteiger partial charge is 0.351 e. The van der Waals surface area contributed by atoms with Crippen molar-refractivity contribution in [1.29, 1.82) is 0 Å². The minimum Gasteiger partial charge on any atom is -0.351 e. The Morgan fingerprint density at radius 2 is 2.37 bits per heavy atom. The summed E-state index contributed by atoms with van der Waals surface area (Å²) in [6.07, 6.45) is 2.44. The van der Waals surface area contributed by atoms with Gasteiger partial charge in [0.15, 0.2) is 0 Å². The van der Waals surface area contributed by atoms with Gasteiger partial charge < -0.3 is 5.32 Å². The van der Waals surface area contributed by atoms with Crippen LogP contribution < -0.4 is 10.7 Å². The van der Waals surface area contributed by atoms with E-state index in [0.717, 1.165) is 23.5 Å². The zero-order valence-electron chi connectivity index (χ0n) is 10.7. The van der Waals surface area contributed by atoms with E-state index >= 15 is 0 Å². The van der Waals surface area contributed by atoms with Crippen molar-refractivity contribution in [1.82, 2.24) is 15.7 Å². The number of hydrazone groups is 1. The second-order valence-corrected chi connectivity index (χ2v) is 5.28. The molecule has 1 aliphatic heterocycles. The second kappa shape index (κ2) is 6.42. The van der Waals surface area contributed by atoms with E-state index in [1.807, 2.05) is 12.3 Å². The SMILES string of the molecule is Cc1csc(CCCNC(=O)C2=NNC(=O)CC2)n1. The van der Waals surface area contributed by atoms with Gasteiger partial charge in [-0.15, -0.1) is 11.3 Å². The third kappa shape index (κ3) is 4.13. The molecular weight excluding hydrogens is 264 g/mol. The van der Waals surface area contributed by atoms with Crippen molar-refractivity contribution >= 4 is 28.9 Å². The normalized spacial score (nSPS) is 14.8. The van der Waals surface area contributed by atoms with E-state index in [1.165, 1.54) is 0 Å². The molecule has 102 valence electrons. The molecule has 0 aromatic carbocycles. The molecule has 19 heavy (non-hydrogen) atoms. The first-order chi connectivity index (χ1) is 9.15. The second-order valence-electron chi connectivity index (χ2n) is 4.34. The predicted molar refractivity (Wildman–Crippen MR) is 73.0 cm³/mol. The quantitative estimate of drug-likeness (QED) is 0.781. The van der Waals surface area contributed by atoms with E-state index < -0.39 is 0 Å². The standard InChI is InChI=1S/C12H16N4O2S/c1-8-7-19-11(14-8)3-2-6-13-12(18)9-4-5-10(17)16-15-9/h7H,2-6H2,1H3,(H,13,18)(H,16,17). The highest BCUT2D eigenvalue weighted by atomic mass is 32.1. The summed E-state index contributed by atoms with van der Waals surface area (Å²) in [6, 6.07) is 0. The number of aryl methyl sites for hydroxylation is 2. The number of nitrogens with one attached hydrogen (secondary N) is 2. The van der Waals surface area contributed by atoms with E-state index in [0.29, 0.717) is 25.1 Å². The van der Waals surface area contributed by atoms with Crippen molar-refractivity contribution in [3.05, 3.63) is 16.1 Å². The molecule has 0 bridgehead atoms. The van der Waals surface area contributed by atoms with Crippen LogP contribution >= 0.6 is 11.3 Å². The third-order valence-electron chi connectivity index (χ3n) is 2.69. The van der Waals surface area contributed by atoms with Crippen molar-refractivity contribution in [3.63, 3.8) is 0 Å². The summed E-state index contributed by atoms with van der Waals surface area (Å²) in [5, 5.41) is 9.66. The zero-order chi connectivity index (χ0) is 13.7. The number of amides is 2. The van der Waals surface area contributed by atoms with E-state index in [2.05, 4.69) is 20.8 Å². The maximum atomic E-state index is 11.7. The van der Waals surface area contributed by atoms with Crippen LogP contribution in [0.5, 0.6) is 0 Å². The van der Waals surface area contributed by atoms with Crippen LogP contribution in [-0.2, 0) is 16.0 Å². The molecule has 1 aromatic heterocycles. The van der Waals surface area contributed by atoms with Gasteiger partial charge in [0.1, 0.15) is 5.71 Å². The minimum atomic E-state index is -0.199. The molecule has 0 saturated carbocycles. The monoisotopic (exact) mass is 280 g/mol. The van der Waals surface area contributed by atoms with Gasteiger partial charge in [0, 0.05) is 36.9 Å². The molecule has 1 aliphatic rings. The summed E-state index contributed by atoms with van der Waals surface area (Å²) >= 11 is 1.64. The summed E-state index contributed by atoms with van der Waals surface area (Å²) in [7, 11) is 0. The molecule has 2 heterocycles. The van der Waals surface area contributed by atoms with E-state index in [4.69, 9.17) is 0 Å². The van der Waals surface area contributed by atoms with Gasteiger partial charge in [-0.1, -0.05) is 0 Å². The van der Waals surface area contributed by atoms with Gasteiger partial charge in [0.05, 0.1) is 5.01 Å². The highest BCUT2D eigenvalue weighted by molar-refractivity contribution is 7.09. The third-order valence-corrected chi connectivity index (χ3v) is 3.71. The van der Waals surface area contributed by atoms with Crippen molar-refractivity contribution in [2.24, 2.45) is 5.10 Å². The molecule has 0 fully saturated rings. The maximum Gasteiger partial charge on any atom is 0.267 e. The van der Waals surface area contributed by atoms with Crippen LogP contribution in [0.3, 0.4) is 0 Å². The van der Waals surface area contributed by atoms with E-state index in [9.17, 15) is 9.59 Å². The predicted octanol–water partition coefficient (Wildman–Crippen LogP) is 0.766. The summed E-state index contributed by atoms with van der Waals surface area (Å²) in [6.45, 7) is 2.56. The van der Waals surface area contributed by atoms with Gasteiger partial charge in [-0.3, -0.25) is 9.59 Å². The number of carbonyl (C=O) groups excluding carboxylic acids is 2. The number of thiazole rings is 1. The van der Waals surface area contributed by atoms with E-state index in [1.54, 1.807) is 11.3 Å². The molecule has 1 aromatic rings. The van der Waals surface area contributed by atoms with Crippen molar-refractivity contribution in [2.45, 2.75) is 32.6 Å². The lowest BCUT2D eigenvalue weighted by molar-refractivity contribution is -0.121. The highest BCUT2D eigenvalue weighted by Crippen LogP contribution is 2.10. The fourth-order valence-corrected chi connectivity index (χ4v) is 2.52. The molecule has 0 spiro atoms. The molecule has 0 unspecified atom stereocenters. The van der Waals surface area contributed by atoms with Crippen molar-refractivity contribution in [2.75, 3.05) is 6.54 Å². The first-order valence-electron chi connectivity index (χ1n) is 6.20. The van der Waals surface area contributed by atoms with Gasteiger partial charge >= 0.3 is 0 Å². The Kier molecular flexibility index (Phi) is 4.62. The molecule has 2 rings (SSSR count). The fourth-order valence-electron chi connectivity index (χ4n) is 1.70. The lowest BCUT2D eigenvalue weighted by Gasteiger charge is -2.11. The first-order valence-corrected chi connectivity index (χ1v) is 7.08. The lowest BCUT2D eigenvalue weighted by atomic mass is 10.1. The summed E-state index contributed by atoms with van der Waals surface area (Å²) in [4.78, 5) is 27.0. The topological polar surface area (TPSA) is 83.5 Å². The summed E-state index contributed by atoms with van der Waals surface area (Å²) in [5.74, 6) is -0.342. The van der Waals surface area contributed by atoms with Crippen molar-refractivity contribution < 1.29 is 9.59 Å². The van der Waals surface area contributed by atoms with Crippen molar-refractivity contribution in [3.8, 4) is 0 Å². The average molecular weight is 280 g/mol. The lowest BCUT2D eigenvalue weighted by Crippen LogP contribution is -2.37. The number of hydrogen-bond donors (Lipinski definition) is 2. The molecule has 7 heteroatoms. The molecule has 0 atom stereocenters. The Morgan fingerprint density at radius 3 is 3.00 bits per heavy atom. The Balaban J connectivity index is 1.68. The zero-order valence-corrected chi connectivity index (χ0v) is 11.5. The van der Waals surface area contributed by atoms with Gasteiger partial charge in [0.2, 0.25) is 5.91 Å². The number of hydrogen-bond acceptors (Lipinski definition) is 5. The molecule has 6 nitrogen and oxygen atoms in total. The molecule has 0 radical (unpaired) electrons. The number of carbonyl (C=O) groups is 2. The number of rotatable bonds is 5. The average Bonchev–Trinajstić information content (AvgIpc) is 2.81. The number of nitrogens with zero attached hydrogens (tertiary/aromatic N) is 2. The molecule has 0 aliphatic carbocycles. The smallest absolute Gasteiger partial charge is 0.267 e. The Morgan fingerprint density at radius 1 is 1.53 bits per heavy atom. The molecular formula is C12H16N4O2S. The highest BCUT2D eigenvalue weighted by Gasteiger charge is 2.17. The van der Waals surface area contributed by atoms with Crippen LogP contribution in [0.1, 0.15) is 30.0 Å². The van der Waals surface area contributed by atoms with Crippen LogP contribution in [0.2, 0.25) is 0 Å². The fraction of sp³-hybridized carbons (Fsp3) is 0.500. The van der Waals surface area contributed by atoms with Crippen LogP contribution in [0.25, 0.3) is 0 Å².